The molecule has 0 aliphatic rings. The Morgan fingerprint density at radius 2 is 1.50 bits per heavy atom. The van der Waals surface area contributed by atoms with Crippen LogP contribution < -0.4 is 0 Å². The molecule has 0 radical (unpaired) electrons. The van der Waals surface area contributed by atoms with Gasteiger partial charge in [0.15, 0.2) is 0 Å². The fourth-order valence-electron chi connectivity index (χ4n) is 0.500. The molecule has 0 amide bonds. The third-order valence-electron chi connectivity index (χ3n) is 1.68. The molecule has 0 saturated carbocycles. The van der Waals surface area contributed by atoms with E-state index >= 15 is 0 Å². The van der Waals surface area contributed by atoms with Crippen molar-refractivity contribution in [2.45, 2.75) is 47.0 Å². The van der Waals surface area contributed by atoms with Crippen LogP contribution in [0.5, 0.6) is 0 Å². The summed E-state index contributed by atoms with van der Waals surface area (Å²) in [5.41, 5.74) is 0. The smallest absolute Gasteiger partial charge is 0.0267 e. The Hall–Kier alpha value is -0.520. The first-order valence-corrected chi connectivity index (χ1v) is 5.00. The van der Waals surface area contributed by atoms with Gasteiger partial charge in [0.25, 0.3) is 0 Å². The van der Waals surface area contributed by atoms with Crippen LogP contribution in [0.4, 0.5) is 0 Å². The molecule has 0 aromatic carbocycles. The molecule has 0 heteroatoms. The molecule has 0 aliphatic carbocycles. The van der Waals surface area contributed by atoms with Gasteiger partial charge in [-0.2, -0.15) is 0 Å². The van der Waals surface area contributed by atoms with Crippen LogP contribution >= 0.6 is 0 Å². The summed E-state index contributed by atoms with van der Waals surface area (Å²) in [6, 6.07) is 0. The van der Waals surface area contributed by atoms with Crippen molar-refractivity contribution in [3.8, 4) is 0 Å². The Bertz CT molecular complexity index is 94.6. The Balaban J connectivity index is 0. The van der Waals surface area contributed by atoms with Crippen LogP contribution in [0, 0.1) is 5.92 Å². The third kappa shape index (κ3) is 16.2. The first-order valence-electron chi connectivity index (χ1n) is 5.00. The quantitative estimate of drug-likeness (QED) is 0.539. The Morgan fingerprint density at radius 1 is 1.08 bits per heavy atom. The van der Waals surface area contributed by atoms with Crippen molar-refractivity contribution < 1.29 is 0 Å². The highest BCUT2D eigenvalue weighted by Crippen LogP contribution is 1.98. The van der Waals surface area contributed by atoms with Gasteiger partial charge >= 0.3 is 0 Å². The molecule has 12 heavy (non-hydrogen) atoms. The first kappa shape index (κ1) is 14.0. The van der Waals surface area contributed by atoms with Crippen LogP contribution in [0.25, 0.3) is 0 Å². The zero-order valence-electron chi connectivity index (χ0n) is 9.14. The van der Waals surface area contributed by atoms with E-state index < -0.39 is 0 Å². The lowest BCUT2D eigenvalue weighted by atomic mass is 10.1. The average Bonchev–Trinajstić information content (AvgIpc) is 2.14. The second kappa shape index (κ2) is 13.1. The van der Waals surface area contributed by atoms with Crippen LogP contribution in [-0.4, -0.2) is 0 Å². The summed E-state index contributed by atoms with van der Waals surface area (Å²) in [6.07, 6.45) is 9.89. The van der Waals surface area contributed by atoms with Crippen molar-refractivity contribution in [2.24, 2.45) is 5.92 Å². The standard InChI is InChI=1S/2C6H12/c1-4-6(3)5-2;1-3-5-6-4-2/h4,6H,1,5H2,2-3H3;5-6H,3-4H2,1-2H3. The van der Waals surface area contributed by atoms with Crippen molar-refractivity contribution in [1.82, 2.24) is 0 Å². The van der Waals surface area contributed by atoms with Crippen LogP contribution in [-0.2, 0) is 0 Å². The minimum atomic E-state index is 0.699. The van der Waals surface area contributed by atoms with Crippen LogP contribution in [0.1, 0.15) is 47.0 Å². The molecule has 0 N–H and O–H groups in total. The molecule has 72 valence electrons. The van der Waals surface area contributed by atoms with Crippen molar-refractivity contribution in [3.63, 3.8) is 0 Å². The van der Waals surface area contributed by atoms with Gasteiger partial charge in [0.1, 0.15) is 0 Å². The zero-order chi connectivity index (χ0) is 9.82. The van der Waals surface area contributed by atoms with E-state index in [0.717, 1.165) is 0 Å². The molecule has 0 heterocycles. The molecule has 0 bridgehead atoms. The molecule has 0 saturated heterocycles. The SMILES string of the molecule is C=CC(C)CC.CCC=CCC. The maximum Gasteiger partial charge on any atom is -0.0267 e. The van der Waals surface area contributed by atoms with Gasteiger partial charge in [-0.1, -0.05) is 52.3 Å². The Morgan fingerprint density at radius 3 is 1.58 bits per heavy atom. The molecular weight excluding hydrogens is 144 g/mol. The predicted octanol–water partition coefficient (Wildman–Crippen LogP) is 4.58. The number of allylic oxidation sites excluding steroid dienone is 3. The minimum absolute atomic E-state index is 0.699. The average molecular weight is 168 g/mol. The molecule has 0 aromatic heterocycles. The summed E-state index contributed by atoms with van der Waals surface area (Å²) in [5.74, 6) is 0.699. The lowest BCUT2D eigenvalue weighted by Gasteiger charge is -1.93. The molecule has 1 unspecified atom stereocenters. The predicted molar refractivity (Wildman–Crippen MR) is 59.4 cm³/mol. The summed E-state index contributed by atoms with van der Waals surface area (Å²) in [5, 5.41) is 0. The monoisotopic (exact) mass is 168 g/mol. The van der Waals surface area contributed by atoms with Gasteiger partial charge in [-0.05, 0) is 18.8 Å². The maximum atomic E-state index is 3.63. The van der Waals surface area contributed by atoms with Crippen molar-refractivity contribution in [3.05, 3.63) is 24.8 Å². The highest BCUT2D eigenvalue weighted by Gasteiger charge is 1.84. The van der Waals surface area contributed by atoms with Gasteiger partial charge in [-0.25, -0.2) is 0 Å². The van der Waals surface area contributed by atoms with Gasteiger partial charge in [-0.15, -0.1) is 6.58 Å². The van der Waals surface area contributed by atoms with E-state index in [9.17, 15) is 0 Å². The fourth-order valence-corrected chi connectivity index (χ4v) is 0.500. The Kier molecular flexibility index (Phi) is 15.3. The number of rotatable bonds is 4. The van der Waals surface area contributed by atoms with E-state index in [1.54, 1.807) is 0 Å². The van der Waals surface area contributed by atoms with E-state index in [4.69, 9.17) is 0 Å². The third-order valence-corrected chi connectivity index (χ3v) is 1.68. The van der Waals surface area contributed by atoms with Crippen LogP contribution in [0.3, 0.4) is 0 Å². The van der Waals surface area contributed by atoms with E-state index in [1.807, 2.05) is 6.08 Å². The molecule has 0 aliphatic heterocycles. The van der Waals surface area contributed by atoms with Gasteiger partial charge in [0.05, 0.1) is 0 Å². The summed E-state index contributed by atoms with van der Waals surface area (Å²) in [4.78, 5) is 0. The van der Waals surface area contributed by atoms with Crippen molar-refractivity contribution in [1.29, 1.82) is 0 Å². The van der Waals surface area contributed by atoms with Crippen molar-refractivity contribution >= 4 is 0 Å². The van der Waals surface area contributed by atoms with Gasteiger partial charge < -0.3 is 0 Å². The molecule has 0 rings (SSSR count). The molecule has 0 nitrogen and oxygen atoms in total. The summed E-state index contributed by atoms with van der Waals surface area (Å²) >= 11 is 0. The molecular formula is C12H24. The normalized spacial score (nSPS) is 12.0. The van der Waals surface area contributed by atoms with Gasteiger partial charge in [-0.3, -0.25) is 0 Å². The molecule has 0 aromatic rings. The van der Waals surface area contributed by atoms with E-state index in [-0.39, 0.29) is 0 Å². The van der Waals surface area contributed by atoms with E-state index in [1.165, 1.54) is 19.3 Å². The largest absolute Gasteiger partial charge is 0.103 e. The highest BCUT2D eigenvalue weighted by atomic mass is 13.9. The van der Waals surface area contributed by atoms with Crippen molar-refractivity contribution in [2.75, 3.05) is 0 Å². The second-order valence-corrected chi connectivity index (χ2v) is 2.91. The summed E-state index contributed by atoms with van der Waals surface area (Å²) in [7, 11) is 0. The molecule has 0 fully saturated rings. The van der Waals surface area contributed by atoms with Gasteiger partial charge in [0.2, 0.25) is 0 Å². The van der Waals surface area contributed by atoms with E-state index in [2.05, 4.69) is 46.4 Å². The maximum absolute atomic E-state index is 3.63. The number of hydrogen-bond donors (Lipinski definition) is 0. The fraction of sp³-hybridized carbons (Fsp3) is 0.667. The molecule has 0 spiro atoms. The first-order chi connectivity index (χ1) is 5.72. The topological polar surface area (TPSA) is 0 Å². The Labute approximate surface area is 78.4 Å². The lowest BCUT2D eigenvalue weighted by Crippen LogP contribution is -1.80. The van der Waals surface area contributed by atoms with Gasteiger partial charge in [0, 0.05) is 0 Å². The molecule has 1 atom stereocenters. The van der Waals surface area contributed by atoms with E-state index in [0.29, 0.717) is 5.92 Å². The lowest BCUT2D eigenvalue weighted by molar-refractivity contribution is 0.700. The number of hydrogen-bond acceptors (Lipinski definition) is 0. The summed E-state index contributed by atoms with van der Waals surface area (Å²) in [6.45, 7) is 12.2. The van der Waals surface area contributed by atoms with Crippen LogP contribution in [0.15, 0.2) is 24.8 Å². The summed E-state index contributed by atoms with van der Waals surface area (Å²) < 4.78 is 0. The van der Waals surface area contributed by atoms with Crippen LogP contribution in [0.2, 0.25) is 0 Å². The zero-order valence-corrected chi connectivity index (χ0v) is 9.14. The second-order valence-electron chi connectivity index (χ2n) is 2.91. The minimum Gasteiger partial charge on any atom is -0.103 e. The highest BCUT2D eigenvalue weighted by molar-refractivity contribution is 4.77.